The van der Waals surface area contributed by atoms with Crippen molar-refractivity contribution in [2.45, 2.75) is 26.4 Å². The molecule has 3 heterocycles. The summed E-state index contributed by atoms with van der Waals surface area (Å²) in [6.45, 7) is 7.37. The Morgan fingerprint density at radius 3 is 2.81 bits per heavy atom. The Hall–Kier alpha value is -4.50. The molecule has 0 fully saturated rings. The Morgan fingerprint density at radius 1 is 1.19 bits per heavy atom. The van der Waals surface area contributed by atoms with E-state index in [2.05, 4.69) is 37.5 Å². The van der Waals surface area contributed by atoms with Crippen LogP contribution in [-0.4, -0.2) is 35.7 Å². The topological polar surface area (TPSA) is 127 Å². The molecule has 9 nitrogen and oxygen atoms in total. The highest BCUT2D eigenvalue weighted by Crippen LogP contribution is 2.37. The van der Waals surface area contributed by atoms with Crippen molar-refractivity contribution in [1.82, 2.24) is 15.3 Å². The van der Waals surface area contributed by atoms with Crippen LogP contribution in [0.15, 0.2) is 72.3 Å². The maximum absolute atomic E-state index is 12.8. The molecule has 1 aliphatic rings. The second-order valence-electron chi connectivity index (χ2n) is 8.64. The maximum atomic E-state index is 12.8. The Labute approximate surface area is 216 Å². The van der Waals surface area contributed by atoms with Crippen LogP contribution >= 0.6 is 0 Å². The van der Waals surface area contributed by atoms with Crippen LogP contribution in [0.1, 0.15) is 39.5 Å². The van der Waals surface area contributed by atoms with Gasteiger partial charge in [0.1, 0.15) is 23.2 Å². The van der Waals surface area contributed by atoms with Crippen LogP contribution < -0.4 is 26.4 Å². The summed E-state index contributed by atoms with van der Waals surface area (Å²) in [6, 6.07) is 11.2. The number of carbonyl (C=O) groups excluding carboxylic acids is 1. The Balaban J connectivity index is 1.43. The number of hydrogen-bond acceptors (Lipinski definition) is 8. The normalized spacial score (nSPS) is 12.8. The fraction of sp³-hybridized carbons (Fsp3) is 0.214. The van der Waals surface area contributed by atoms with E-state index >= 15 is 0 Å². The van der Waals surface area contributed by atoms with Gasteiger partial charge in [0.25, 0.3) is 5.91 Å². The number of hydrogen-bond donors (Lipinski definition) is 4. The predicted octanol–water partition coefficient (Wildman–Crippen LogP) is 3.90. The fourth-order valence-electron chi connectivity index (χ4n) is 3.96. The van der Waals surface area contributed by atoms with Gasteiger partial charge in [-0.2, -0.15) is 0 Å². The first-order valence-electron chi connectivity index (χ1n) is 12.0. The lowest BCUT2D eigenvalue weighted by Gasteiger charge is -2.13. The number of ether oxygens (including phenoxy) is 1. The van der Waals surface area contributed by atoms with Gasteiger partial charge in [0.05, 0.1) is 6.61 Å². The lowest BCUT2D eigenvalue weighted by Crippen LogP contribution is -2.14. The number of anilines is 2. The van der Waals surface area contributed by atoms with Crippen LogP contribution in [0.2, 0.25) is 0 Å². The van der Waals surface area contributed by atoms with Crippen LogP contribution in [0.5, 0.6) is 5.75 Å². The smallest absolute Gasteiger partial charge is 0.256 e. The Bertz CT molecular complexity index is 1350. The number of rotatable bonds is 10. The van der Waals surface area contributed by atoms with Gasteiger partial charge in [0.2, 0.25) is 0 Å². The minimum Gasteiger partial charge on any atom is -0.492 e. The molecule has 0 bridgehead atoms. The molecule has 0 atom stereocenters. The van der Waals surface area contributed by atoms with E-state index in [1.54, 1.807) is 30.7 Å². The van der Waals surface area contributed by atoms with Gasteiger partial charge in [-0.25, -0.2) is 15.0 Å². The van der Waals surface area contributed by atoms with Crippen molar-refractivity contribution in [3.8, 4) is 5.75 Å². The molecule has 2 aromatic heterocycles. The summed E-state index contributed by atoms with van der Waals surface area (Å²) in [5.74, 6) is 2.15. The highest BCUT2D eigenvalue weighted by atomic mass is 16.5. The zero-order chi connectivity index (χ0) is 26.2. The molecular formula is C28H31N7O2. The number of carbonyl (C=O) groups is 1. The largest absolute Gasteiger partial charge is 0.492 e. The van der Waals surface area contributed by atoms with Crippen molar-refractivity contribution < 1.29 is 9.53 Å². The second kappa shape index (κ2) is 12.0. The summed E-state index contributed by atoms with van der Waals surface area (Å²) >= 11 is 0. The number of amides is 1. The molecule has 37 heavy (non-hydrogen) atoms. The van der Waals surface area contributed by atoms with E-state index in [4.69, 9.17) is 10.5 Å². The molecule has 3 aromatic rings. The third kappa shape index (κ3) is 6.59. The Kier molecular flexibility index (Phi) is 8.27. The summed E-state index contributed by atoms with van der Waals surface area (Å²) in [7, 11) is 1.88. The van der Waals surface area contributed by atoms with E-state index in [0.29, 0.717) is 24.5 Å². The first kappa shape index (κ1) is 25.6. The van der Waals surface area contributed by atoms with Gasteiger partial charge in [0.15, 0.2) is 0 Å². The van der Waals surface area contributed by atoms with Crippen LogP contribution in [-0.2, 0) is 19.5 Å². The zero-order valence-corrected chi connectivity index (χ0v) is 21.0. The molecule has 0 saturated heterocycles. The van der Waals surface area contributed by atoms with E-state index in [9.17, 15) is 4.79 Å². The molecule has 0 aliphatic carbocycles. The molecule has 0 radical (unpaired) electrons. The molecule has 1 amide bonds. The van der Waals surface area contributed by atoms with Gasteiger partial charge in [-0.1, -0.05) is 24.8 Å². The van der Waals surface area contributed by atoms with Gasteiger partial charge in [-0.05, 0) is 54.9 Å². The van der Waals surface area contributed by atoms with Crippen LogP contribution in [0.3, 0.4) is 0 Å². The quantitative estimate of drug-likeness (QED) is 0.313. The summed E-state index contributed by atoms with van der Waals surface area (Å²) < 4.78 is 5.93. The van der Waals surface area contributed by atoms with Crippen molar-refractivity contribution in [3.63, 3.8) is 0 Å². The lowest BCUT2D eigenvalue weighted by molar-refractivity contribution is 0.102. The van der Waals surface area contributed by atoms with Crippen LogP contribution in [0.4, 0.5) is 11.6 Å². The first-order chi connectivity index (χ1) is 17.9. The average Bonchev–Trinajstić information content (AvgIpc) is 3.39. The van der Waals surface area contributed by atoms with Crippen molar-refractivity contribution in [1.29, 1.82) is 0 Å². The third-order valence-corrected chi connectivity index (χ3v) is 5.81. The van der Waals surface area contributed by atoms with E-state index < -0.39 is 0 Å². The maximum Gasteiger partial charge on any atom is 0.256 e. The molecule has 1 aliphatic heterocycles. The zero-order valence-electron chi connectivity index (χ0n) is 21.0. The SMILES string of the molecule is C=C(N)N=C/C=C(\C)c1cnc(NCc2cccc(C(=O)Nc3ccc(CNC)cn3)c2)c2c1OCC2. The number of fused-ring (bicyclic) bond motifs is 1. The second-order valence-corrected chi connectivity index (χ2v) is 8.64. The van der Waals surface area contributed by atoms with E-state index in [0.717, 1.165) is 52.4 Å². The van der Waals surface area contributed by atoms with Crippen molar-refractivity contribution in [3.05, 3.63) is 95.1 Å². The summed E-state index contributed by atoms with van der Waals surface area (Å²) in [4.78, 5) is 25.7. The third-order valence-electron chi connectivity index (χ3n) is 5.81. The molecule has 0 spiro atoms. The van der Waals surface area contributed by atoms with Crippen LogP contribution in [0.25, 0.3) is 5.57 Å². The summed E-state index contributed by atoms with van der Waals surface area (Å²) in [6.07, 6.45) is 7.77. The molecule has 9 heteroatoms. The molecule has 0 saturated carbocycles. The highest BCUT2D eigenvalue weighted by Gasteiger charge is 2.22. The van der Waals surface area contributed by atoms with E-state index in [-0.39, 0.29) is 11.7 Å². The fourth-order valence-corrected chi connectivity index (χ4v) is 3.96. The number of nitrogens with one attached hydrogen (secondary N) is 3. The number of benzene rings is 1. The van der Waals surface area contributed by atoms with Crippen molar-refractivity contribution in [2.75, 3.05) is 24.3 Å². The minimum atomic E-state index is -0.212. The van der Waals surface area contributed by atoms with Gasteiger partial charge in [0, 0.05) is 54.8 Å². The molecule has 0 unspecified atom stereocenters. The minimum absolute atomic E-state index is 0.212. The monoisotopic (exact) mass is 497 g/mol. The van der Waals surface area contributed by atoms with Gasteiger partial charge in [-0.3, -0.25) is 4.79 Å². The summed E-state index contributed by atoms with van der Waals surface area (Å²) in [5.41, 5.74) is 11.0. The Morgan fingerprint density at radius 2 is 2.05 bits per heavy atom. The lowest BCUT2D eigenvalue weighted by atomic mass is 10.0. The van der Waals surface area contributed by atoms with Gasteiger partial charge >= 0.3 is 0 Å². The highest BCUT2D eigenvalue weighted by molar-refractivity contribution is 6.03. The molecule has 5 N–H and O–H groups in total. The van der Waals surface area contributed by atoms with Crippen molar-refractivity contribution >= 4 is 29.3 Å². The molecular weight excluding hydrogens is 466 g/mol. The van der Waals surface area contributed by atoms with Gasteiger partial charge in [-0.15, -0.1) is 0 Å². The predicted molar refractivity (Wildman–Crippen MR) is 148 cm³/mol. The molecule has 4 rings (SSSR count). The molecule has 190 valence electrons. The number of nitrogens with zero attached hydrogens (tertiary/aromatic N) is 3. The average molecular weight is 498 g/mol. The number of aliphatic imine (C=N–C) groups is 1. The van der Waals surface area contributed by atoms with Crippen molar-refractivity contribution in [2.24, 2.45) is 10.7 Å². The van der Waals surface area contributed by atoms with E-state index in [1.165, 1.54) is 0 Å². The number of pyridine rings is 2. The van der Waals surface area contributed by atoms with Gasteiger partial charge < -0.3 is 26.4 Å². The van der Waals surface area contributed by atoms with Crippen LogP contribution in [0, 0.1) is 0 Å². The standard InChI is InChI=1S/C28H31N7O2/c1-18(9-11-31-19(2)29)24-17-34-27(23-10-12-37-26(23)24)33-15-20-5-4-6-22(13-20)28(36)35-25-8-7-21(14-30-3)16-32-25/h4-9,11,13,16-17,30H,2,10,12,14-15,29H2,1,3H3,(H,33,34)(H,32,35,36)/b18-9+,31-11?. The molecule has 1 aromatic carbocycles. The first-order valence-corrected chi connectivity index (χ1v) is 12.0. The number of allylic oxidation sites excluding steroid dienone is 2. The summed E-state index contributed by atoms with van der Waals surface area (Å²) in [5, 5.41) is 9.33. The van der Waals surface area contributed by atoms with E-state index in [1.807, 2.05) is 44.3 Å². The number of aromatic nitrogens is 2. The number of nitrogens with two attached hydrogens (primary N) is 1.